The van der Waals surface area contributed by atoms with E-state index in [1.54, 1.807) is 25.3 Å². The fourth-order valence-electron chi connectivity index (χ4n) is 3.07. The van der Waals surface area contributed by atoms with Crippen molar-refractivity contribution in [2.24, 2.45) is 11.8 Å². The third-order valence-corrected chi connectivity index (χ3v) is 5.58. The van der Waals surface area contributed by atoms with Gasteiger partial charge in [0.05, 0.1) is 5.56 Å². The summed E-state index contributed by atoms with van der Waals surface area (Å²) in [7, 11) is 0. The van der Waals surface area contributed by atoms with Crippen molar-refractivity contribution in [2.75, 3.05) is 6.26 Å². The summed E-state index contributed by atoms with van der Waals surface area (Å²) in [4.78, 5) is 28.8. The molecule has 1 aliphatic rings. The van der Waals surface area contributed by atoms with E-state index < -0.39 is 12.1 Å². The van der Waals surface area contributed by atoms with Crippen LogP contribution in [0.4, 0.5) is 0 Å². The molecule has 6 heteroatoms. The lowest BCUT2D eigenvalue weighted by molar-refractivity contribution is -0.130. The van der Waals surface area contributed by atoms with E-state index in [0.29, 0.717) is 22.4 Å². The minimum atomic E-state index is -0.822. The van der Waals surface area contributed by atoms with Crippen LogP contribution in [0.5, 0.6) is 0 Å². The first kappa shape index (κ1) is 18.8. The number of carbonyl (C=O) groups is 2. The van der Waals surface area contributed by atoms with Gasteiger partial charge in [-0.2, -0.15) is 0 Å². The molecule has 1 fully saturated rings. The maximum atomic E-state index is 12.4. The van der Waals surface area contributed by atoms with E-state index in [2.05, 4.69) is 24.1 Å². The van der Waals surface area contributed by atoms with Crippen molar-refractivity contribution < 1.29 is 14.3 Å². The van der Waals surface area contributed by atoms with Gasteiger partial charge in [0.15, 0.2) is 6.10 Å². The molecule has 0 radical (unpaired) electrons. The number of hydrogen-bond donors (Lipinski definition) is 1. The average molecular weight is 350 g/mol. The van der Waals surface area contributed by atoms with Crippen LogP contribution in [0.1, 0.15) is 50.4 Å². The first-order valence-corrected chi connectivity index (χ1v) is 9.66. The Hall–Kier alpha value is -1.56. The van der Waals surface area contributed by atoms with E-state index in [9.17, 15) is 9.59 Å². The molecule has 0 bridgehead atoms. The van der Waals surface area contributed by atoms with Gasteiger partial charge < -0.3 is 10.1 Å². The topological polar surface area (TPSA) is 68.3 Å². The van der Waals surface area contributed by atoms with Gasteiger partial charge in [0, 0.05) is 12.2 Å². The minimum absolute atomic E-state index is 0.155. The Balaban J connectivity index is 1.95. The molecule has 0 unspecified atom stereocenters. The highest BCUT2D eigenvalue weighted by molar-refractivity contribution is 7.98. The molecule has 1 aromatic heterocycles. The van der Waals surface area contributed by atoms with Gasteiger partial charge in [-0.05, 0) is 43.6 Å². The number of hydrogen-bond acceptors (Lipinski definition) is 5. The molecule has 1 heterocycles. The number of thioether (sulfide) groups is 1. The monoisotopic (exact) mass is 350 g/mol. The number of rotatable bonds is 5. The van der Waals surface area contributed by atoms with Gasteiger partial charge in [0.2, 0.25) is 0 Å². The van der Waals surface area contributed by atoms with Crippen LogP contribution in [0.2, 0.25) is 0 Å². The molecule has 1 saturated carbocycles. The highest BCUT2D eigenvalue weighted by atomic mass is 32.2. The van der Waals surface area contributed by atoms with Gasteiger partial charge in [-0.3, -0.25) is 4.79 Å². The fraction of sp³-hybridized carbons (Fsp3) is 0.611. The molecule has 2 rings (SSSR count). The molecular formula is C18H26N2O3S. The van der Waals surface area contributed by atoms with E-state index in [1.807, 2.05) is 6.26 Å². The van der Waals surface area contributed by atoms with Crippen molar-refractivity contribution in [3.63, 3.8) is 0 Å². The normalized spacial score (nSPS) is 24.9. The summed E-state index contributed by atoms with van der Waals surface area (Å²) in [5, 5.41) is 3.65. The summed E-state index contributed by atoms with van der Waals surface area (Å²) in [6.45, 7) is 6.00. The molecule has 132 valence electrons. The van der Waals surface area contributed by atoms with Crippen molar-refractivity contribution in [2.45, 2.75) is 57.2 Å². The molecule has 4 atom stereocenters. The van der Waals surface area contributed by atoms with E-state index in [1.165, 1.54) is 18.2 Å². The zero-order valence-electron chi connectivity index (χ0n) is 14.7. The van der Waals surface area contributed by atoms with Crippen LogP contribution in [0.15, 0.2) is 23.4 Å². The van der Waals surface area contributed by atoms with Crippen LogP contribution < -0.4 is 5.32 Å². The molecule has 0 aromatic carbocycles. The molecule has 1 amide bonds. The smallest absolute Gasteiger partial charge is 0.341 e. The third kappa shape index (κ3) is 4.50. The molecule has 1 aliphatic carbocycles. The van der Waals surface area contributed by atoms with Crippen molar-refractivity contribution >= 4 is 23.6 Å². The molecule has 24 heavy (non-hydrogen) atoms. The van der Waals surface area contributed by atoms with E-state index in [-0.39, 0.29) is 11.9 Å². The van der Waals surface area contributed by atoms with Crippen LogP contribution in [-0.2, 0) is 9.53 Å². The molecular weight excluding hydrogens is 324 g/mol. The number of esters is 1. The summed E-state index contributed by atoms with van der Waals surface area (Å²) in [6.07, 6.45) is 5.97. The van der Waals surface area contributed by atoms with Crippen molar-refractivity contribution in [3.8, 4) is 0 Å². The maximum Gasteiger partial charge on any atom is 0.341 e. The largest absolute Gasteiger partial charge is 0.449 e. The lowest BCUT2D eigenvalue weighted by atomic mass is 9.78. The van der Waals surface area contributed by atoms with E-state index in [4.69, 9.17) is 4.74 Å². The quantitative estimate of drug-likeness (QED) is 0.652. The number of pyridine rings is 1. The summed E-state index contributed by atoms with van der Waals surface area (Å²) in [5.74, 6) is 0.289. The Labute approximate surface area is 147 Å². The lowest BCUT2D eigenvalue weighted by Crippen LogP contribution is -2.47. The summed E-state index contributed by atoms with van der Waals surface area (Å²) in [5.41, 5.74) is 0.393. The molecule has 0 aliphatic heterocycles. The molecule has 0 spiro atoms. The number of nitrogens with one attached hydrogen (secondary N) is 1. The van der Waals surface area contributed by atoms with Gasteiger partial charge in [0.25, 0.3) is 5.91 Å². The van der Waals surface area contributed by atoms with E-state index in [0.717, 1.165) is 12.8 Å². The first-order valence-electron chi connectivity index (χ1n) is 8.44. The van der Waals surface area contributed by atoms with Gasteiger partial charge >= 0.3 is 5.97 Å². The van der Waals surface area contributed by atoms with Crippen molar-refractivity contribution in [1.82, 2.24) is 10.3 Å². The van der Waals surface area contributed by atoms with Crippen molar-refractivity contribution in [3.05, 3.63) is 23.9 Å². The predicted molar refractivity (Wildman–Crippen MR) is 95.0 cm³/mol. The van der Waals surface area contributed by atoms with Crippen molar-refractivity contribution in [1.29, 1.82) is 0 Å². The van der Waals surface area contributed by atoms with E-state index >= 15 is 0 Å². The first-order chi connectivity index (χ1) is 11.4. The summed E-state index contributed by atoms with van der Waals surface area (Å²) < 4.78 is 5.34. The SMILES string of the molecule is CSc1ncccc1C(=O)O[C@H](C)C(=O)N[C@@H]1CCC[C@@H](C)[C@@H]1C. The number of nitrogens with zero attached hydrogens (tertiary/aromatic N) is 1. The van der Waals surface area contributed by atoms with Crippen LogP contribution in [0.3, 0.4) is 0 Å². The highest BCUT2D eigenvalue weighted by Gasteiger charge is 2.30. The van der Waals surface area contributed by atoms with Crippen LogP contribution in [0.25, 0.3) is 0 Å². The second kappa shape index (κ2) is 8.51. The van der Waals surface area contributed by atoms with Crippen LogP contribution >= 0.6 is 11.8 Å². The zero-order valence-corrected chi connectivity index (χ0v) is 15.6. The highest BCUT2D eigenvalue weighted by Crippen LogP contribution is 2.29. The number of ether oxygens (including phenoxy) is 1. The number of carbonyl (C=O) groups excluding carboxylic acids is 2. The number of aromatic nitrogens is 1. The fourth-order valence-corrected chi connectivity index (χ4v) is 3.61. The summed E-state index contributed by atoms with van der Waals surface area (Å²) in [6, 6.07) is 3.51. The summed E-state index contributed by atoms with van der Waals surface area (Å²) >= 11 is 1.38. The van der Waals surface area contributed by atoms with Crippen LogP contribution in [0, 0.1) is 11.8 Å². The maximum absolute atomic E-state index is 12.4. The molecule has 5 nitrogen and oxygen atoms in total. The minimum Gasteiger partial charge on any atom is -0.449 e. The Morgan fingerprint density at radius 1 is 1.38 bits per heavy atom. The predicted octanol–water partition coefficient (Wildman–Crippen LogP) is 3.29. The molecule has 1 aromatic rings. The molecule has 1 N–H and O–H groups in total. The second-order valence-corrected chi connectivity index (χ2v) is 7.29. The van der Waals surface area contributed by atoms with Gasteiger partial charge in [-0.25, -0.2) is 9.78 Å². The molecule has 0 saturated heterocycles. The Bertz CT molecular complexity index is 593. The van der Waals surface area contributed by atoms with Gasteiger partial charge in [-0.15, -0.1) is 11.8 Å². The Kier molecular flexibility index (Phi) is 6.66. The average Bonchev–Trinajstić information content (AvgIpc) is 2.58. The van der Waals surface area contributed by atoms with Crippen LogP contribution in [-0.4, -0.2) is 35.3 Å². The lowest BCUT2D eigenvalue weighted by Gasteiger charge is -2.35. The standard InChI is InChI=1S/C18H26N2O3S/c1-11-7-5-9-15(12(11)2)20-16(21)13(3)23-18(22)14-8-6-10-19-17(14)24-4/h6,8,10-13,15H,5,7,9H2,1-4H3,(H,20,21)/t11-,12+,13-,15-/m1/s1. The second-order valence-electron chi connectivity index (χ2n) is 6.49. The van der Waals surface area contributed by atoms with Gasteiger partial charge in [0.1, 0.15) is 5.03 Å². The Morgan fingerprint density at radius 3 is 2.83 bits per heavy atom. The zero-order chi connectivity index (χ0) is 17.7. The Morgan fingerprint density at radius 2 is 2.12 bits per heavy atom. The third-order valence-electron chi connectivity index (χ3n) is 4.87. The van der Waals surface area contributed by atoms with Gasteiger partial charge in [-0.1, -0.05) is 26.7 Å². The number of amides is 1.